The third kappa shape index (κ3) is 3.66. The van der Waals surface area contributed by atoms with Crippen LogP contribution >= 0.6 is 0 Å². The van der Waals surface area contributed by atoms with Crippen LogP contribution in [-0.2, 0) is 4.79 Å². The summed E-state index contributed by atoms with van der Waals surface area (Å²) in [5.41, 5.74) is 0. The molecule has 2 unspecified atom stereocenters. The van der Waals surface area contributed by atoms with E-state index in [1.165, 1.54) is 0 Å². The number of rotatable bonds is 6. The first kappa shape index (κ1) is 13.4. The van der Waals surface area contributed by atoms with Crippen LogP contribution in [0.3, 0.4) is 0 Å². The average Bonchev–Trinajstić information content (AvgIpc) is 2.01. The summed E-state index contributed by atoms with van der Waals surface area (Å²) in [5, 5.41) is 9.16. The van der Waals surface area contributed by atoms with Gasteiger partial charge in [-0.3, -0.25) is 4.79 Å². The van der Waals surface area contributed by atoms with E-state index in [-0.39, 0.29) is 17.9 Å². The molecule has 0 bridgehead atoms. The number of carbonyl (C=O) groups is 1. The van der Waals surface area contributed by atoms with E-state index in [2.05, 4.69) is 6.92 Å². The minimum absolute atomic E-state index is 0.150. The predicted molar refractivity (Wildman–Crippen MR) is 58.3 cm³/mol. The molecule has 2 atom stereocenters. The monoisotopic (exact) mass is 201 g/mol. The highest BCUT2D eigenvalue weighted by atomic mass is 16.4. The molecule has 0 amide bonds. The Kier molecular flexibility index (Phi) is 5.77. The Bertz CT molecular complexity index is 178. The van der Waals surface area contributed by atoms with E-state index in [9.17, 15) is 4.79 Å². The van der Waals surface area contributed by atoms with Crippen molar-refractivity contribution in [3.05, 3.63) is 0 Å². The first-order valence-corrected chi connectivity index (χ1v) is 5.31. The molecule has 0 aromatic heterocycles. The lowest BCUT2D eigenvalue weighted by atomic mass is 9.85. The summed E-state index contributed by atoms with van der Waals surface area (Å²) in [6.07, 6.45) is 1.97. The molecule has 0 heterocycles. The first-order chi connectivity index (χ1) is 6.41. The largest absolute Gasteiger partial charge is 0.481 e. The summed E-state index contributed by atoms with van der Waals surface area (Å²) in [4.78, 5) is 13.2. The van der Waals surface area contributed by atoms with Gasteiger partial charge in [-0.1, -0.05) is 27.2 Å². The van der Waals surface area contributed by atoms with Crippen molar-refractivity contribution in [3.63, 3.8) is 0 Å². The highest BCUT2D eigenvalue weighted by Gasteiger charge is 2.31. The molecule has 0 saturated carbocycles. The van der Waals surface area contributed by atoms with Crippen molar-refractivity contribution in [2.45, 2.75) is 39.7 Å². The summed E-state index contributed by atoms with van der Waals surface area (Å²) >= 11 is 0. The number of nitrogens with zero attached hydrogens (tertiary/aromatic N) is 1. The molecule has 84 valence electrons. The molecule has 0 saturated heterocycles. The lowest BCUT2D eigenvalue weighted by Gasteiger charge is -2.31. The molecule has 0 aliphatic rings. The molecule has 0 spiro atoms. The fourth-order valence-corrected chi connectivity index (χ4v) is 1.95. The van der Waals surface area contributed by atoms with Crippen LogP contribution in [0.2, 0.25) is 0 Å². The van der Waals surface area contributed by atoms with E-state index in [0.717, 1.165) is 12.8 Å². The fourth-order valence-electron chi connectivity index (χ4n) is 1.95. The molecular weight excluding hydrogens is 178 g/mol. The lowest BCUT2D eigenvalue weighted by molar-refractivity contribution is -0.146. The Morgan fingerprint density at radius 2 is 1.86 bits per heavy atom. The van der Waals surface area contributed by atoms with E-state index in [1.54, 1.807) is 0 Å². The van der Waals surface area contributed by atoms with Crippen molar-refractivity contribution in [2.75, 3.05) is 14.1 Å². The molecule has 0 radical (unpaired) electrons. The van der Waals surface area contributed by atoms with Gasteiger partial charge in [-0.25, -0.2) is 0 Å². The summed E-state index contributed by atoms with van der Waals surface area (Å²) in [7, 11) is 3.91. The van der Waals surface area contributed by atoms with Crippen LogP contribution in [0.1, 0.15) is 33.6 Å². The zero-order valence-corrected chi connectivity index (χ0v) is 9.95. The quantitative estimate of drug-likeness (QED) is 0.715. The molecule has 3 heteroatoms. The topological polar surface area (TPSA) is 40.5 Å². The van der Waals surface area contributed by atoms with Gasteiger partial charge in [0.15, 0.2) is 0 Å². The van der Waals surface area contributed by atoms with Crippen molar-refractivity contribution in [1.29, 1.82) is 0 Å². The van der Waals surface area contributed by atoms with Crippen LogP contribution in [0, 0.1) is 11.8 Å². The summed E-state index contributed by atoms with van der Waals surface area (Å²) in [6.45, 7) is 6.05. The van der Waals surface area contributed by atoms with Gasteiger partial charge in [0.05, 0.1) is 5.92 Å². The first-order valence-electron chi connectivity index (χ1n) is 5.31. The predicted octanol–water partition coefficient (Wildman–Crippen LogP) is 2.07. The van der Waals surface area contributed by atoms with Gasteiger partial charge in [0.2, 0.25) is 0 Å². The maximum absolute atomic E-state index is 11.1. The minimum atomic E-state index is -0.674. The third-order valence-corrected chi connectivity index (χ3v) is 2.67. The Morgan fingerprint density at radius 3 is 2.07 bits per heavy atom. The summed E-state index contributed by atoms with van der Waals surface area (Å²) in [6, 6.07) is 0.150. The molecule has 0 aromatic carbocycles. The van der Waals surface area contributed by atoms with Crippen LogP contribution in [0.4, 0.5) is 0 Å². The van der Waals surface area contributed by atoms with Crippen LogP contribution in [0.25, 0.3) is 0 Å². The highest BCUT2D eigenvalue weighted by Crippen LogP contribution is 2.22. The third-order valence-electron chi connectivity index (χ3n) is 2.67. The Labute approximate surface area is 87.1 Å². The van der Waals surface area contributed by atoms with Gasteiger partial charge in [-0.05, 0) is 26.4 Å². The zero-order chi connectivity index (χ0) is 11.3. The van der Waals surface area contributed by atoms with Crippen molar-refractivity contribution in [3.8, 4) is 0 Å². The Hall–Kier alpha value is -0.570. The molecule has 3 nitrogen and oxygen atoms in total. The van der Waals surface area contributed by atoms with Gasteiger partial charge in [0.1, 0.15) is 0 Å². The molecule has 0 rings (SSSR count). The number of carboxylic acids is 1. The maximum atomic E-state index is 11.1. The summed E-state index contributed by atoms with van der Waals surface area (Å²) < 4.78 is 0. The molecule has 0 aliphatic carbocycles. The van der Waals surface area contributed by atoms with Gasteiger partial charge >= 0.3 is 5.97 Å². The molecule has 0 aromatic rings. The average molecular weight is 201 g/mol. The molecule has 0 fully saturated rings. The number of hydrogen-bond acceptors (Lipinski definition) is 2. The van der Waals surface area contributed by atoms with Gasteiger partial charge in [0, 0.05) is 6.04 Å². The lowest BCUT2D eigenvalue weighted by Crippen LogP contribution is -2.42. The van der Waals surface area contributed by atoms with Crippen LogP contribution in [-0.4, -0.2) is 36.1 Å². The molecule has 0 aliphatic heterocycles. The summed E-state index contributed by atoms with van der Waals surface area (Å²) in [5.74, 6) is -0.747. The van der Waals surface area contributed by atoms with Crippen molar-refractivity contribution >= 4 is 5.97 Å². The van der Waals surface area contributed by atoms with E-state index < -0.39 is 5.97 Å². The van der Waals surface area contributed by atoms with Crippen molar-refractivity contribution in [1.82, 2.24) is 4.90 Å². The Balaban J connectivity index is 4.64. The Morgan fingerprint density at radius 1 is 1.36 bits per heavy atom. The normalized spacial score (nSPS) is 15.9. The van der Waals surface area contributed by atoms with Gasteiger partial charge < -0.3 is 10.0 Å². The second kappa shape index (κ2) is 6.02. The number of aliphatic carboxylic acids is 1. The van der Waals surface area contributed by atoms with E-state index >= 15 is 0 Å². The van der Waals surface area contributed by atoms with Gasteiger partial charge in [-0.15, -0.1) is 0 Å². The van der Waals surface area contributed by atoms with Crippen LogP contribution < -0.4 is 0 Å². The molecule has 14 heavy (non-hydrogen) atoms. The van der Waals surface area contributed by atoms with Crippen molar-refractivity contribution in [2.24, 2.45) is 11.8 Å². The van der Waals surface area contributed by atoms with E-state index in [4.69, 9.17) is 5.11 Å². The van der Waals surface area contributed by atoms with Crippen LogP contribution in [0.5, 0.6) is 0 Å². The van der Waals surface area contributed by atoms with Crippen LogP contribution in [0.15, 0.2) is 0 Å². The van der Waals surface area contributed by atoms with Crippen molar-refractivity contribution < 1.29 is 9.90 Å². The molecular formula is C11H23NO2. The van der Waals surface area contributed by atoms with E-state index in [0.29, 0.717) is 0 Å². The van der Waals surface area contributed by atoms with E-state index in [1.807, 2.05) is 32.8 Å². The zero-order valence-electron chi connectivity index (χ0n) is 9.95. The maximum Gasteiger partial charge on any atom is 0.308 e. The number of hydrogen-bond donors (Lipinski definition) is 1. The smallest absolute Gasteiger partial charge is 0.308 e. The standard InChI is InChI=1S/C11H23NO2/c1-6-7-9(12(4)5)10(8(2)3)11(13)14/h8-10H,6-7H2,1-5H3,(H,13,14). The molecule has 1 N–H and O–H groups in total. The minimum Gasteiger partial charge on any atom is -0.481 e. The highest BCUT2D eigenvalue weighted by molar-refractivity contribution is 5.71. The second-order valence-corrected chi connectivity index (χ2v) is 4.43. The fraction of sp³-hybridized carbons (Fsp3) is 0.909. The SMILES string of the molecule is CCCC(C(C(=O)O)C(C)C)N(C)C. The number of carboxylic acid groups (broad SMARTS) is 1. The van der Waals surface area contributed by atoms with Gasteiger partial charge in [0.25, 0.3) is 0 Å². The second-order valence-electron chi connectivity index (χ2n) is 4.43. The van der Waals surface area contributed by atoms with Gasteiger partial charge in [-0.2, -0.15) is 0 Å².